The smallest absolute Gasteiger partial charge is 0.107 e. The molecule has 0 atom stereocenters. The van der Waals surface area contributed by atoms with Crippen LogP contribution in [-0.2, 0) is 12.8 Å². The van der Waals surface area contributed by atoms with Crippen molar-refractivity contribution in [3.8, 4) is 0 Å². The lowest BCUT2D eigenvalue weighted by Crippen LogP contribution is -1.89. The van der Waals surface area contributed by atoms with Gasteiger partial charge in [-0.1, -0.05) is 61.7 Å². The molecule has 22 heavy (non-hydrogen) atoms. The molecule has 0 bridgehead atoms. The average Bonchev–Trinajstić information content (AvgIpc) is 2.97. The number of aryl methyl sites for hydroxylation is 2. The van der Waals surface area contributed by atoms with E-state index in [0.29, 0.717) is 0 Å². The number of imidazole rings is 1. The molecule has 0 radical (unpaired) electrons. The number of benzene rings is 2. The van der Waals surface area contributed by atoms with E-state index >= 15 is 0 Å². The Morgan fingerprint density at radius 1 is 0.682 bits per heavy atom. The standard InChI is InChI=1S/C20H24N2/c1(2-5-11-17-12-6-4-7-13-17)3-8-16-20-21-18-14-9-10-15-19(18)22-20/h4,6-7,9-10,12-15H,1-3,5,8,11,16H2,(H,21,22). The number of nitrogens with zero attached hydrogens (tertiary/aromatic N) is 1. The van der Waals surface area contributed by atoms with E-state index in [1.807, 2.05) is 6.07 Å². The summed E-state index contributed by atoms with van der Waals surface area (Å²) in [4.78, 5) is 8.04. The summed E-state index contributed by atoms with van der Waals surface area (Å²) in [5, 5.41) is 0. The highest BCUT2D eigenvalue weighted by Gasteiger charge is 2.01. The fourth-order valence-corrected chi connectivity index (χ4v) is 2.92. The SMILES string of the molecule is c1ccc(CCCCCCCc2nc3ccccc3[nH]2)cc1. The topological polar surface area (TPSA) is 28.7 Å². The Hall–Kier alpha value is -2.09. The molecule has 3 aromatic rings. The summed E-state index contributed by atoms with van der Waals surface area (Å²) in [5.74, 6) is 1.13. The predicted molar refractivity (Wildman–Crippen MR) is 93.0 cm³/mol. The van der Waals surface area contributed by atoms with Gasteiger partial charge in [-0.3, -0.25) is 0 Å². The van der Waals surface area contributed by atoms with Crippen molar-refractivity contribution in [3.05, 3.63) is 66.0 Å². The molecule has 0 amide bonds. The summed E-state index contributed by atoms with van der Waals surface area (Å²) < 4.78 is 0. The molecule has 3 rings (SSSR count). The zero-order valence-corrected chi connectivity index (χ0v) is 13.1. The van der Waals surface area contributed by atoms with E-state index in [1.54, 1.807) is 0 Å². The summed E-state index contributed by atoms with van der Waals surface area (Å²) in [6, 6.07) is 19.0. The Morgan fingerprint density at radius 2 is 1.36 bits per heavy atom. The van der Waals surface area contributed by atoms with Gasteiger partial charge in [0.2, 0.25) is 0 Å². The monoisotopic (exact) mass is 292 g/mol. The third-order valence-corrected chi connectivity index (χ3v) is 4.16. The Bertz CT molecular complexity index is 652. The van der Waals surface area contributed by atoms with Crippen LogP contribution in [0, 0.1) is 0 Å². The van der Waals surface area contributed by atoms with Crippen molar-refractivity contribution in [2.75, 3.05) is 0 Å². The first-order valence-corrected chi connectivity index (χ1v) is 8.39. The minimum atomic E-state index is 1.06. The molecule has 0 saturated carbocycles. The molecule has 2 nitrogen and oxygen atoms in total. The van der Waals surface area contributed by atoms with Gasteiger partial charge in [-0.2, -0.15) is 0 Å². The first-order valence-electron chi connectivity index (χ1n) is 8.39. The third-order valence-electron chi connectivity index (χ3n) is 4.16. The van der Waals surface area contributed by atoms with Crippen molar-refractivity contribution in [2.24, 2.45) is 0 Å². The summed E-state index contributed by atoms with van der Waals surface area (Å²) in [6.07, 6.45) is 8.76. The first-order chi connectivity index (χ1) is 10.9. The number of H-pyrrole nitrogens is 1. The fourth-order valence-electron chi connectivity index (χ4n) is 2.92. The van der Waals surface area contributed by atoms with Crippen LogP contribution in [0.1, 0.15) is 43.5 Å². The van der Waals surface area contributed by atoms with Gasteiger partial charge in [-0.05, 0) is 37.0 Å². The highest BCUT2D eigenvalue weighted by Crippen LogP contribution is 2.13. The maximum absolute atomic E-state index is 4.63. The van der Waals surface area contributed by atoms with E-state index in [-0.39, 0.29) is 0 Å². The summed E-state index contributed by atoms with van der Waals surface area (Å²) in [5.41, 5.74) is 3.70. The molecule has 0 unspecified atom stereocenters. The van der Waals surface area contributed by atoms with E-state index in [9.17, 15) is 0 Å². The van der Waals surface area contributed by atoms with Crippen LogP contribution in [-0.4, -0.2) is 9.97 Å². The third kappa shape index (κ3) is 4.20. The van der Waals surface area contributed by atoms with Crippen molar-refractivity contribution < 1.29 is 0 Å². The molecule has 0 aliphatic rings. The summed E-state index contributed by atoms with van der Waals surface area (Å²) in [7, 11) is 0. The van der Waals surface area contributed by atoms with Gasteiger partial charge in [0.05, 0.1) is 11.0 Å². The van der Waals surface area contributed by atoms with Gasteiger partial charge < -0.3 is 4.98 Å². The van der Waals surface area contributed by atoms with Crippen LogP contribution in [0.25, 0.3) is 11.0 Å². The lowest BCUT2D eigenvalue weighted by molar-refractivity contribution is 0.608. The van der Waals surface area contributed by atoms with E-state index in [1.165, 1.54) is 44.1 Å². The van der Waals surface area contributed by atoms with Gasteiger partial charge in [-0.15, -0.1) is 0 Å². The Kier molecular flexibility index (Phi) is 5.25. The summed E-state index contributed by atoms with van der Waals surface area (Å²) in [6.45, 7) is 0. The minimum absolute atomic E-state index is 1.06. The van der Waals surface area contributed by atoms with Gasteiger partial charge in [-0.25, -0.2) is 4.98 Å². The minimum Gasteiger partial charge on any atom is -0.342 e. The van der Waals surface area contributed by atoms with Crippen LogP contribution in [0.15, 0.2) is 54.6 Å². The predicted octanol–water partition coefficient (Wildman–Crippen LogP) is 5.30. The highest BCUT2D eigenvalue weighted by atomic mass is 14.9. The molecule has 2 aromatic carbocycles. The molecule has 0 spiro atoms. The molecular weight excluding hydrogens is 268 g/mol. The second-order valence-corrected chi connectivity index (χ2v) is 5.95. The number of unbranched alkanes of at least 4 members (excludes halogenated alkanes) is 4. The first kappa shape index (κ1) is 14.8. The number of aromatic amines is 1. The molecule has 1 aromatic heterocycles. The molecule has 0 aliphatic heterocycles. The quantitative estimate of drug-likeness (QED) is 0.561. The average molecular weight is 292 g/mol. The van der Waals surface area contributed by atoms with Gasteiger partial charge in [0.15, 0.2) is 0 Å². The van der Waals surface area contributed by atoms with Gasteiger partial charge in [0.1, 0.15) is 5.82 Å². The van der Waals surface area contributed by atoms with Crippen molar-refractivity contribution >= 4 is 11.0 Å². The van der Waals surface area contributed by atoms with Crippen molar-refractivity contribution in [1.82, 2.24) is 9.97 Å². The van der Waals surface area contributed by atoms with Gasteiger partial charge in [0, 0.05) is 6.42 Å². The fraction of sp³-hybridized carbons (Fsp3) is 0.350. The Labute approximate surface area is 132 Å². The van der Waals surface area contributed by atoms with Crippen LogP contribution in [0.5, 0.6) is 0 Å². The van der Waals surface area contributed by atoms with Crippen LogP contribution < -0.4 is 0 Å². The van der Waals surface area contributed by atoms with E-state index in [4.69, 9.17) is 0 Å². The van der Waals surface area contributed by atoms with E-state index in [0.717, 1.165) is 23.3 Å². The second-order valence-electron chi connectivity index (χ2n) is 5.95. The normalized spacial score (nSPS) is 11.1. The highest BCUT2D eigenvalue weighted by molar-refractivity contribution is 5.74. The number of rotatable bonds is 8. The molecular formula is C20H24N2. The lowest BCUT2D eigenvalue weighted by Gasteiger charge is -2.02. The number of fused-ring (bicyclic) bond motifs is 1. The molecule has 1 N–H and O–H groups in total. The Morgan fingerprint density at radius 3 is 2.18 bits per heavy atom. The number of hydrogen-bond donors (Lipinski definition) is 1. The lowest BCUT2D eigenvalue weighted by atomic mass is 10.0. The van der Waals surface area contributed by atoms with Crippen molar-refractivity contribution in [1.29, 1.82) is 0 Å². The number of nitrogens with one attached hydrogen (secondary N) is 1. The van der Waals surface area contributed by atoms with Crippen molar-refractivity contribution in [3.63, 3.8) is 0 Å². The molecule has 0 saturated heterocycles. The number of hydrogen-bond acceptors (Lipinski definition) is 1. The molecule has 0 aliphatic carbocycles. The largest absolute Gasteiger partial charge is 0.342 e. The van der Waals surface area contributed by atoms with Crippen LogP contribution >= 0.6 is 0 Å². The second kappa shape index (κ2) is 7.79. The zero-order chi connectivity index (χ0) is 15.0. The molecule has 114 valence electrons. The van der Waals surface area contributed by atoms with Gasteiger partial charge >= 0.3 is 0 Å². The van der Waals surface area contributed by atoms with Gasteiger partial charge in [0.25, 0.3) is 0 Å². The molecule has 2 heteroatoms. The Balaban J connectivity index is 1.30. The number of para-hydroxylation sites is 2. The maximum atomic E-state index is 4.63. The molecule has 1 heterocycles. The van der Waals surface area contributed by atoms with Crippen molar-refractivity contribution in [2.45, 2.75) is 44.9 Å². The summed E-state index contributed by atoms with van der Waals surface area (Å²) >= 11 is 0. The zero-order valence-electron chi connectivity index (χ0n) is 13.1. The van der Waals surface area contributed by atoms with Crippen LogP contribution in [0.3, 0.4) is 0 Å². The van der Waals surface area contributed by atoms with E-state index < -0.39 is 0 Å². The maximum Gasteiger partial charge on any atom is 0.107 e. The van der Waals surface area contributed by atoms with Crippen LogP contribution in [0.2, 0.25) is 0 Å². The number of aromatic nitrogens is 2. The molecule has 0 fully saturated rings. The van der Waals surface area contributed by atoms with Crippen LogP contribution in [0.4, 0.5) is 0 Å². The van der Waals surface area contributed by atoms with E-state index in [2.05, 4.69) is 58.5 Å².